The fraction of sp³-hybridized carbons (Fsp3) is 0.435. The molecule has 2 N–H and O–H groups in total. The highest BCUT2D eigenvalue weighted by molar-refractivity contribution is 7.84. The van der Waals surface area contributed by atoms with Crippen molar-refractivity contribution in [3.8, 4) is 5.75 Å². The highest BCUT2D eigenvalue weighted by Gasteiger charge is 2.22. The van der Waals surface area contributed by atoms with E-state index in [0.29, 0.717) is 30.6 Å². The van der Waals surface area contributed by atoms with E-state index in [0.717, 1.165) is 29.4 Å². The van der Waals surface area contributed by atoms with Crippen molar-refractivity contribution < 1.29 is 8.95 Å². The maximum absolute atomic E-state index is 12.3. The summed E-state index contributed by atoms with van der Waals surface area (Å²) >= 11 is 0. The van der Waals surface area contributed by atoms with Gasteiger partial charge in [-0.3, -0.25) is 9.20 Å². The number of ether oxygens (including phenoxy) is 1. The van der Waals surface area contributed by atoms with E-state index in [2.05, 4.69) is 40.7 Å². The molecule has 1 unspecified atom stereocenters. The van der Waals surface area contributed by atoms with Gasteiger partial charge in [0.15, 0.2) is 5.96 Å². The minimum atomic E-state index is -0.902. The molecule has 0 amide bonds. The van der Waals surface area contributed by atoms with Crippen LogP contribution in [0.3, 0.4) is 0 Å². The summed E-state index contributed by atoms with van der Waals surface area (Å²) in [5, 5.41) is 6.58. The lowest BCUT2D eigenvalue weighted by Gasteiger charge is -2.15. The first kappa shape index (κ1) is 21.4. The number of nitrogens with one attached hydrogen (secondary N) is 2. The Labute approximate surface area is 176 Å². The van der Waals surface area contributed by atoms with Gasteiger partial charge >= 0.3 is 0 Å². The molecule has 1 atom stereocenters. The molecular weight excluding hydrogens is 382 g/mol. The van der Waals surface area contributed by atoms with Gasteiger partial charge in [-0.2, -0.15) is 0 Å². The average molecular weight is 414 g/mol. The summed E-state index contributed by atoms with van der Waals surface area (Å²) in [4.78, 5) is 4.27. The Hall–Kier alpha value is -2.34. The summed E-state index contributed by atoms with van der Waals surface area (Å²) in [5.41, 5.74) is 3.42. The van der Waals surface area contributed by atoms with E-state index in [1.807, 2.05) is 30.3 Å². The average Bonchev–Trinajstić information content (AvgIpc) is 3.55. The lowest BCUT2D eigenvalue weighted by atomic mass is 10.1. The first-order valence-electron chi connectivity index (χ1n) is 10.2. The molecule has 0 bridgehead atoms. The second-order valence-electron chi connectivity index (χ2n) is 7.49. The van der Waals surface area contributed by atoms with Crippen molar-refractivity contribution in [1.29, 1.82) is 0 Å². The van der Waals surface area contributed by atoms with Gasteiger partial charge in [0, 0.05) is 48.0 Å². The summed E-state index contributed by atoms with van der Waals surface area (Å²) in [6, 6.07) is 16.3. The van der Waals surface area contributed by atoms with Crippen molar-refractivity contribution in [3.63, 3.8) is 0 Å². The summed E-state index contributed by atoms with van der Waals surface area (Å²) in [5.74, 6) is 3.54. The van der Waals surface area contributed by atoms with Gasteiger partial charge < -0.3 is 15.4 Å². The summed E-state index contributed by atoms with van der Waals surface area (Å²) in [6.07, 6.45) is 2.56. The number of rotatable bonds is 10. The highest BCUT2D eigenvalue weighted by atomic mass is 32.2. The monoisotopic (exact) mass is 413 g/mol. The van der Waals surface area contributed by atoms with Crippen LogP contribution < -0.4 is 15.4 Å². The number of guanidine groups is 1. The third-order valence-electron chi connectivity index (χ3n) is 4.86. The standard InChI is InChI=1S/C23H31N3O2S/c1-18-8-11-21(22(14-18)28-16-19-9-10-19)15-26-23(24-2)25-12-13-29(27)17-20-6-4-3-5-7-20/h3-8,11,14,19H,9-10,12-13,15-17H2,1-2H3,(H2,24,25,26). The van der Waals surface area contributed by atoms with E-state index in [4.69, 9.17) is 4.74 Å². The fourth-order valence-corrected chi connectivity index (χ4v) is 3.99. The van der Waals surface area contributed by atoms with Gasteiger partial charge in [-0.15, -0.1) is 0 Å². The Morgan fingerprint density at radius 2 is 1.97 bits per heavy atom. The molecule has 0 saturated heterocycles. The van der Waals surface area contributed by atoms with Crippen LogP contribution in [0.4, 0.5) is 0 Å². The third kappa shape index (κ3) is 7.54. The molecule has 1 aliphatic rings. The SMILES string of the molecule is CN=C(NCCS(=O)Cc1ccccc1)NCc1ccc(C)cc1OCC1CC1. The Kier molecular flexibility index (Phi) is 8.11. The molecule has 0 radical (unpaired) electrons. The first-order valence-corrected chi connectivity index (χ1v) is 11.7. The van der Waals surface area contributed by atoms with Crippen LogP contribution in [-0.4, -0.2) is 36.1 Å². The highest BCUT2D eigenvalue weighted by Crippen LogP contribution is 2.30. The number of hydrogen-bond acceptors (Lipinski definition) is 3. The normalized spacial score (nSPS) is 15.0. The van der Waals surface area contributed by atoms with Crippen LogP contribution in [0.25, 0.3) is 0 Å². The van der Waals surface area contributed by atoms with Gasteiger partial charge in [-0.25, -0.2) is 0 Å². The quantitative estimate of drug-likeness (QED) is 0.463. The number of hydrogen-bond donors (Lipinski definition) is 2. The van der Waals surface area contributed by atoms with E-state index < -0.39 is 10.8 Å². The van der Waals surface area contributed by atoms with E-state index >= 15 is 0 Å². The van der Waals surface area contributed by atoms with Crippen molar-refractivity contribution in [3.05, 3.63) is 65.2 Å². The van der Waals surface area contributed by atoms with Gasteiger partial charge in [-0.1, -0.05) is 42.5 Å². The summed E-state index contributed by atoms with van der Waals surface area (Å²) in [7, 11) is 0.844. The molecule has 5 nitrogen and oxygen atoms in total. The number of aryl methyl sites for hydroxylation is 1. The second kappa shape index (κ2) is 11.0. The number of aliphatic imine (C=N–C) groups is 1. The molecule has 0 heterocycles. The van der Waals surface area contributed by atoms with Crippen molar-refractivity contribution >= 4 is 16.8 Å². The van der Waals surface area contributed by atoms with Crippen LogP contribution in [0.15, 0.2) is 53.5 Å². The van der Waals surface area contributed by atoms with Crippen LogP contribution in [-0.2, 0) is 23.1 Å². The van der Waals surface area contributed by atoms with Crippen molar-refractivity contribution in [1.82, 2.24) is 10.6 Å². The van der Waals surface area contributed by atoms with Gasteiger partial charge in [-0.05, 0) is 42.9 Å². The van der Waals surface area contributed by atoms with Gasteiger partial charge in [0.1, 0.15) is 5.75 Å². The Morgan fingerprint density at radius 3 is 2.69 bits per heavy atom. The zero-order chi connectivity index (χ0) is 20.5. The third-order valence-corrected chi connectivity index (χ3v) is 6.17. The van der Waals surface area contributed by atoms with Crippen molar-refractivity contribution in [2.75, 3.05) is 26.0 Å². The maximum Gasteiger partial charge on any atom is 0.191 e. The van der Waals surface area contributed by atoms with Crippen molar-refractivity contribution in [2.45, 2.75) is 32.1 Å². The van der Waals surface area contributed by atoms with E-state index in [1.165, 1.54) is 18.4 Å². The maximum atomic E-state index is 12.3. The van der Waals surface area contributed by atoms with Gasteiger partial charge in [0.05, 0.1) is 6.61 Å². The van der Waals surface area contributed by atoms with Crippen LogP contribution in [0, 0.1) is 12.8 Å². The topological polar surface area (TPSA) is 62.7 Å². The van der Waals surface area contributed by atoms with Crippen LogP contribution >= 0.6 is 0 Å². The molecule has 2 aromatic rings. The Morgan fingerprint density at radius 1 is 1.17 bits per heavy atom. The zero-order valence-electron chi connectivity index (χ0n) is 17.3. The predicted octanol–water partition coefficient (Wildman–Crippen LogP) is 3.40. The van der Waals surface area contributed by atoms with Gasteiger partial charge in [0.25, 0.3) is 0 Å². The molecule has 2 aromatic carbocycles. The molecule has 1 saturated carbocycles. The molecule has 1 fully saturated rings. The number of benzene rings is 2. The largest absolute Gasteiger partial charge is 0.493 e. The molecule has 6 heteroatoms. The second-order valence-corrected chi connectivity index (χ2v) is 9.07. The Bertz CT molecular complexity index is 835. The number of nitrogens with zero attached hydrogens (tertiary/aromatic N) is 1. The summed E-state index contributed by atoms with van der Waals surface area (Å²) in [6.45, 7) is 4.12. The molecular formula is C23H31N3O2S. The minimum Gasteiger partial charge on any atom is -0.493 e. The van der Waals surface area contributed by atoms with Crippen LogP contribution in [0.1, 0.15) is 29.5 Å². The van der Waals surface area contributed by atoms with Gasteiger partial charge in [0.2, 0.25) is 0 Å². The minimum absolute atomic E-state index is 0.579. The molecule has 29 heavy (non-hydrogen) atoms. The predicted molar refractivity (Wildman–Crippen MR) is 121 cm³/mol. The molecule has 156 valence electrons. The molecule has 0 aliphatic heterocycles. The van der Waals surface area contributed by atoms with Crippen molar-refractivity contribution in [2.24, 2.45) is 10.9 Å². The lowest BCUT2D eigenvalue weighted by molar-refractivity contribution is 0.296. The first-order chi connectivity index (χ1) is 14.1. The smallest absolute Gasteiger partial charge is 0.191 e. The zero-order valence-corrected chi connectivity index (χ0v) is 18.1. The van der Waals surface area contributed by atoms with E-state index in [-0.39, 0.29) is 0 Å². The van der Waals surface area contributed by atoms with E-state index in [9.17, 15) is 4.21 Å². The van der Waals surface area contributed by atoms with Crippen LogP contribution in [0.5, 0.6) is 5.75 Å². The van der Waals surface area contributed by atoms with Crippen LogP contribution in [0.2, 0.25) is 0 Å². The molecule has 0 spiro atoms. The Balaban J connectivity index is 1.43. The molecule has 0 aromatic heterocycles. The van der Waals surface area contributed by atoms with E-state index in [1.54, 1.807) is 7.05 Å². The molecule has 3 rings (SSSR count). The summed E-state index contributed by atoms with van der Waals surface area (Å²) < 4.78 is 18.3. The lowest BCUT2D eigenvalue weighted by Crippen LogP contribution is -2.38. The fourth-order valence-electron chi connectivity index (χ4n) is 2.95. The molecule has 1 aliphatic carbocycles.